The molecule has 0 aliphatic carbocycles. The molecule has 0 radical (unpaired) electrons. The highest BCUT2D eigenvalue weighted by Crippen LogP contribution is 2.37. The van der Waals surface area contributed by atoms with Crippen molar-refractivity contribution in [3.63, 3.8) is 0 Å². The molecule has 3 N–H and O–H groups in total. The first-order valence-electron chi connectivity index (χ1n) is 8.18. The van der Waals surface area contributed by atoms with Gasteiger partial charge in [-0.05, 0) is 127 Å². The predicted molar refractivity (Wildman–Crippen MR) is 145 cm³/mol. The second kappa shape index (κ2) is 11.3. The van der Waals surface area contributed by atoms with Crippen LogP contribution in [0.1, 0.15) is 12.5 Å². The SMILES string of the molecule is C=C(C)OC(=O)NC(Cc1cc(I)c(Oc2cc(I)c(O)c(I)c2)c(I)c1)C(=O)O. The molecular formula is C19H15I4NO6. The Labute approximate surface area is 227 Å². The molecular weight excluding hydrogens is 846 g/mol. The van der Waals surface area contributed by atoms with Gasteiger partial charge in [-0.15, -0.1) is 0 Å². The Balaban J connectivity index is 2.23. The zero-order valence-corrected chi connectivity index (χ0v) is 24.0. The number of allylic oxidation sites excluding steroid dienone is 1. The molecule has 2 aromatic rings. The number of phenolic OH excluding ortho intramolecular Hbond substituents is 1. The van der Waals surface area contributed by atoms with Crippen molar-refractivity contribution in [1.82, 2.24) is 5.32 Å². The molecule has 0 spiro atoms. The van der Waals surface area contributed by atoms with Gasteiger partial charge >= 0.3 is 12.1 Å². The van der Waals surface area contributed by atoms with Crippen LogP contribution in [0.15, 0.2) is 36.6 Å². The van der Waals surface area contributed by atoms with E-state index in [1.54, 1.807) is 24.3 Å². The number of aromatic hydroxyl groups is 1. The summed E-state index contributed by atoms with van der Waals surface area (Å²) in [6.07, 6.45) is -0.794. The third kappa shape index (κ3) is 7.25. The zero-order valence-electron chi connectivity index (χ0n) is 15.3. The summed E-state index contributed by atoms with van der Waals surface area (Å²) in [5, 5.41) is 21.7. The number of amides is 1. The average Bonchev–Trinajstić information content (AvgIpc) is 2.61. The van der Waals surface area contributed by atoms with Crippen LogP contribution < -0.4 is 10.1 Å². The van der Waals surface area contributed by atoms with E-state index >= 15 is 0 Å². The van der Waals surface area contributed by atoms with E-state index in [0.717, 1.165) is 7.14 Å². The number of ether oxygens (including phenoxy) is 2. The van der Waals surface area contributed by atoms with Crippen LogP contribution in [0.2, 0.25) is 0 Å². The fourth-order valence-corrected chi connectivity index (χ4v) is 6.14. The highest BCUT2D eigenvalue weighted by molar-refractivity contribution is 14.1. The molecule has 0 heterocycles. The van der Waals surface area contributed by atoms with Crippen molar-refractivity contribution in [3.8, 4) is 17.2 Å². The number of carbonyl (C=O) groups is 2. The number of hydrogen-bond donors (Lipinski definition) is 3. The Morgan fingerprint density at radius 3 is 2.07 bits per heavy atom. The first kappa shape index (κ1) is 25.7. The number of carbonyl (C=O) groups excluding carboxylic acids is 1. The zero-order chi connectivity index (χ0) is 22.6. The van der Waals surface area contributed by atoms with Gasteiger partial charge in [0.05, 0.1) is 20.0 Å². The van der Waals surface area contributed by atoms with Crippen molar-refractivity contribution in [2.24, 2.45) is 0 Å². The van der Waals surface area contributed by atoms with Crippen molar-refractivity contribution < 1.29 is 29.3 Å². The van der Waals surface area contributed by atoms with Crippen LogP contribution in [0.3, 0.4) is 0 Å². The first-order valence-corrected chi connectivity index (χ1v) is 12.5. The molecule has 0 saturated carbocycles. The number of halogens is 4. The lowest BCUT2D eigenvalue weighted by Gasteiger charge is -2.17. The van der Waals surface area contributed by atoms with E-state index in [2.05, 4.69) is 57.1 Å². The summed E-state index contributed by atoms with van der Waals surface area (Å²) in [6, 6.07) is 5.91. The molecule has 2 aromatic carbocycles. The second-order valence-electron chi connectivity index (χ2n) is 6.06. The molecule has 1 amide bonds. The van der Waals surface area contributed by atoms with E-state index in [-0.39, 0.29) is 17.9 Å². The van der Waals surface area contributed by atoms with Crippen LogP contribution in [-0.2, 0) is 16.0 Å². The average molecular weight is 861 g/mol. The molecule has 11 heteroatoms. The van der Waals surface area contributed by atoms with Crippen molar-refractivity contribution >= 4 is 102 Å². The van der Waals surface area contributed by atoms with Crippen molar-refractivity contribution in [2.75, 3.05) is 0 Å². The minimum Gasteiger partial charge on any atom is -0.506 e. The van der Waals surface area contributed by atoms with Gasteiger partial charge in [0, 0.05) is 6.42 Å². The van der Waals surface area contributed by atoms with Crippen LogP contribution >= 0.6 is 90.4 Å². The molecule has 1 unspecified atom stereocenters. The van der Waals surface area contributed by atoms with Gasteiger partial charge in [0.1, 0.15) is 17.5 Å². The molecule has 30 heavy (non-hydrogen) atoms. The minimum atomic E-state index is -1.17. The monoisotopic (exact) mass is 861 g/mol. The van der Waals surface area contributed by atoms with Crippen LogP contribution in [0.25, 0.3) is 0 Å². The maximum absolute atomic E-state index is 11.7. The maximum Gasteiger partial charge on any atom is 0.412 e. The Morgan fingerprint density at radius 1 is 1.07 bits per heavy atom. The lowest BCUT2D eigenvalue weighted by molar-refractivity contribution is -0.139. The van der Waals surface area contributed by atoms with E-state index in [1.807, 2.05) is 45.2 Å². The van der Waals surface area contributed by atoms with Crippen LogP contribution in [0, 0.1) is 14.3 Å². The fourth-order valence-electron chi connectivity index (χ4n) is 2.31. The standard InChI is InChI=1S/C19H15I4NO6/c1-8(2)29-19(28)24-15(18(26)27)5-9-3-13(22)17(14(23)4-9)30-10-6-11(20)16(25)12(21)7-10/h3-4,6-7,15,25H,1,5H2,2H3,(H,24,28)(H,26,27). The highest BCUT2D eigenvalue weighted by atomic mass is 127. The largest absolute Gasteiger partial charge is 0.506 e. The molecule has 0 fully saturated rings. The topological polar surface area (TPSA) is 105 Å². The summed E-state index contributed by atoms with van der Waals surface area (Å²) in [6.45, 7) is 4.95. The van der Waals surface area contributed by atoms with E-state index < -0.39 is 18.1 Å². The van der Waals surface area contributed by atoms with Crippen molar-refractivity contribution in [1.29, 1.82) is 0 Å². The van der Waals surface area contributed by atoms with Gasteiger partial charge in [0.15, 0.2) is 5.75 Å². The number of carboxylic acids is 1. The third-order valence-corrected chi connectivity index (χ3v) is 6.81. The van der Waals surface area contributed by atoms with Gasteiger partial charge in [0.2, 0.25) is 0 Å². The Hall–Kier alpha value is -0.560. The molecule has 0 bridgehead atoms. The van der Waals surface area contributed by atoms with Crippen LogP contribution in [0.4, 0.5) is 4.79 Å². The minimum absolute atomic E-state index is 0.0713. The molecule has 0 aliphatic rings. The number of phenols is 1. The number of alkyl carbamates (subject to hydrolysis) is 1. The smallest absolute Gasteiger partial charge is 0.412 e. The van der Waals surface area contributed by atoms with Gasteiger partial charge in [0.25, 0.3) is 0 Å². The lowest BCUT2D eigenvalue weighted by atomic mass is 10.1. The van der Waals surface area contributed by atoms with Crippen molar-refractivity contribution in [2.45, 2.75) is 19.4 Å². The summed E-state index contributed by atoms with van der Waals surface area (Å²) in [4.78, 5) is 23.3. The normalized spacial score (nSPS) is 11.5. The van der Waals surface area contributed by atoms with E-state index in [1.165, 1.54) is 6.92 Å². The number of nitrogens with one attached hydrogen (secondary N) is 1. The quantitative estimate of drug-likeness (QED) is 0.238. The van der Waals surface area contributed by atoms with Crippen LogP contribution in [0.5, 0.6) is 17.2 Å². The Kier molecular flexibility index (Phi) is 9.72. The molecule has 160 valence electrons. The molecule has 0 saturated heterocycles. The summed E-state index contributed by atoms with van der Waals surface area (Å²) in [7, 11) is 0. The molecule has 7 nitrogen and oxygen atoms in total. The van der Waals surface area contributed by atoms with Crippen molar-refractivity contribution in [3.05, 3.63) is 56.4 Å². The number of carboxylic acid groups (broad SMARTS) is 1. The lowest BCUT2D eigenvalue weighted by Crippen LogP contribution is -2.42. The van der Waals surface area contributed by atoms with Crippen LogP contribution in [-0.4, -0.2) is 28.3 Å². The fraction of sp³-hybridized carbons (Fsp3) is 0.158. The van der Waals surface area contributed by atoms with E-state index in [0.29, 0.717) is 24.2 Å². The number of hydrogen-bond acceptors (Lipinski definition) is 5. The number of benzene rings is 2. The summed E-state index contributed by atoms with van der Waals surface area (Å²) >= 11 is 8.29. The third-order valence-electron chi connectivity index (χ3n) is 3.57. The molecule has 1 atom stereocenters. The first-order chi connectivity index (χ1) is 14.0. The maximum atomic E-state index is 11.7. The van der Waals surface area contributed by atoms with Gasteiger partial charge < -0.3 is 25.0 Å². The Morgan fingerprint density at radius 2 is 1.60 bits per heavy atom. The summed E-state index contributed by atoms with van der Waals surface area (Å²) in [5.41, 5.74) is 0.717. The molecule has 2 rings (SSSR count). The van der Waals surface area contributed by atoms with E-state index in [9.17, 15) is 19.8 Å². The van der Waals surface area contributed by atoms with E-state index in [4.69, 9.17) is 9.47 Å². The second-order valence-corrected chi connectivity index (χ2v) is 10.7. The molecule has 0 aromatic heterocycles. The predicted octanol–water partition coefficient (Wildman–Crippen LogP) is 5.86. The number of rotatable bonds is 7. The Bertz CT molecular complexity index is 965. The summed E-state index contributed by atoms with van der Waals surface area (Å²) < 4.78 is 13.7. The molecule has 0 aliphatic heterocycles. The van der Waals surface area contributed by atoms with Gasteiger partial charge in [-0.1, -0.05) is 6.58 Å². The highest BCUT2D eigenvalue weighted by Gasteiger charge is 2.23. The van der Waals surface area contributed by atoms with Gasteiger partial charge in [-0.2, -0.15) is 0 Å². The van der Waals surface area contributed by atoms with Gasteiger partial charge in [-0.3, -0.25) is 0 Å². The van der Waals surface area contributed by atoms with Gasteiger partial charge in [-0.25, -0.2) is 9.59 Å². The summed E-state index contributed by atoms with van der Waals surface area (Å²) in [5.74, 6) is 0.408. The number of aliphatic carboxylic acids is 1.